The summed E-state index contributed by atoms with van der Waals surface area (Å²) in [6.07, 6.45) is 0. The van der Waals surface area contributed by atoms with Crippen LogP contribution < -0.4 is 5.32 Å². The van der Waals surface area contributed by atoms with E-state index in [0.717, 1.165) is 5.75 Å². The molecule has 2 rings (SSSR count). The van der Waals surface area contributed by atoms with Crippen molar-refractivity contribution in [3.63, 3.8) is 0 Å². The number of halogens is 1. The number of aryl methyl sites for hydroxylation is 1. The van der Waals surface area contributed by atoms with Gasteiger partial charge in [-0.3, -0.25) is 4.79 Å². The summed E-state index contributed by atoms with van der Waals surface area (Å²) in [5.41, 5.74) is 1.88. The lowest BCUT2D eigenvalue weighted by molar-refractivity contribution is -0.118. The maximum atomic E-state index is 13.4. The fraction of sp³-hybridized carbons (Fsp3) is 0.278. The van der Waals surface area contributed by atoms with E-state index < -0.39 is 0 Å². The van der Waals surface area contributed by atoms with Gasteiger partial charge in [0.15, 0.2) is 0 Å². The average Bonchev–Trinajstić information content (AvgIpc) is 2.55. The number of hydrogen-bond acceptors (Lipinski definition) is 3. The smallest absolute Gasteiger partial charge is 0.230 e. The molecule has 0 unspecified atom stereocenters. The molecule has 0 aliphatic rings. The Morgan fingerprint density at radius 3 is 2.61 bits per heavy atom. The van der Waals surface area contributed by atoms with Crippen LogP contribution in [0.5, 0.6) is 0 Å². The monoisotopic (exact) mass is 349 g/mol. The van der Waals surface area contributed by atoms with Gasteiger partial charge >= 0.3 is 0 Å². The average molecular weight is 349 g/mol. The van der Waals surface area contributed by atoms with Gasteiger partial charge in [0, 0.05) is 22.9 Å². The maximum absolute atomic E-state index is 13.4. The lowest BCUT2D eigenvalue weighted by Crippen LogP contribution is -2.27. The van der Waals surface area contributed by atoms with Crippen LogP contribution in [0.3, 0.4) is 0 Å². The summed E-state index contributed by atoms with van der Waals surface area (Å²) in [6.45, 7) is 2.70. The van der Waals surface area contributed by atoms with Crippen LogP contribution in [0.4, 0.5) is 4.39 Å². The molecule has 122 valence electrons. The number of benzene rings is 2. The van der Waals surface area contributed by atoms with Gasteiger partial charge in [0.1, 0.15) is 5.82 Å². The molecule has 0 bridgehead atoms. The lowest BCUT2D eigenvalue weighted by Gasteiger charge is -2.06. The highest BCUT2D eigenvalue weighted by atomic mass is 32.2. The van der Waals surface area contributed by atoms with Crippen LogP contribution in [0, 0.1) is 12.7 Å². The van der Waals surface area contributed by atoms with Gasteiger partial charge in [-0.25, -0.2) is 4.39 Å². The summed E-state index contributed by atoms with van der Waals surface area (Å²) in [6, 6.07) is 15.0. The largest absolute Gasteiger partial charge is 0.355 e. The predicted octanol–water partition coefficient (Wildman–Crippen LogP) is 4.28. The quantitative estimate of drug-likeness (QED) is 0.570. The van der Waals surface area contributed by atoms with Gasteiger partial charge in [0.05, 0.1) is 5.75 Å². The number of rotatable bonds is 8. The van der Waals surface area contributed by atoms with Crippen molar-refractivity contribution >= 4 is 29.4 Å². The van der Waals surface area contributed by atoms with E-state index >= 15 is 0 Å². The van der Waals surface area contributed by atoms with Gasteiger partial charge < -0.3 is 5.32 Å². The van der Waals surface area contributed by atoms with Crippen LogP contribution in [0.15, 0.2) is 53.4 Å². The van der Waals surface area contributed by atoms with E-state index in [0.29, 0.717) is 23.6 Å². The molecule has 0 aliphatic heterocycles. The third-order valence-electron chi connectivity index (χ3n) is 3.16. The Kier molecular flexibility index (Phi) is 7.49. The van der Waals surface area contributed by atoms with Crippen LogP contribution >= 0.6 is 23.5 Å². The van der Waals surface area contributed by atoms with Crippen LogP contribution in [0.25, 0.3) is 0 Å². The normalized spacial score (nSPS) is 10.5. The van der Waals surface area contributed by atoms with Gasteiger partial charge in [-0.15, -0.1) is 23.5 Å². The maximum Gasteiger partial charge on any atom is 0.230 e. The van der Waals surface area contributed by atoms with E-state index in [9.17, 15) is 9.18 Å². The molecule has 0 spiro atoms. The van der Waals surface area contributed by atoms with E-state index in [2.05, 4.69) is 36.5 Å². The third-order valence-corrected chi connectivity index (χ3v) is 5.16. The fourth-order valence-corrected chi connectivity index (χ4v) is 3.53. The Morgan fingerprint density at radius 2 is 1.87 bits per heavy atom. The molecule has 1 N–H and O–H groups in total. The summed E-state index contributed by atoms with van der Waals surface area (Å²) in [4.78, 5) is 12.9. The van der Waals surface area contributed by atoms with Gasteiger partial charge in [-0.05, 0) is 30.7 Å². The fourth-order valence-electron chi connectivity index (χ4n) is 1.91. The summed E-state index contributed by atoms with van der Waals surface area (Å²) in [5.74, 6) is 1.49. The molecule has 23 heavy (non-hydrogen) atoms. The standard InChI is InChI=1S/C18H20FNOS2/c1-14-6-8-16(9-7-14)23-11-10-20-18(21)13-22-12-15-4-2-3-5-17(15)19/h2-9H,10-13H2,1H3,(H,20,21). The van der Waals surface area contributed by atoms with E-state index in [1.54, 1.807) is 30.0 Å². The molecule has 0 fully saturated rings. The van der Waals surface area contributed by atoms with Crippen molar-refractivity contribution in [2.75, 3.05) is 18.1 Å². The van der Waals surface area contributed by atoms with Crippen LogP contribution in [0.2, 0.25) is 0 Å². The van der Waals surface area contributed by atoms with Gasteiger partial charge in [-0.2, -0.15) is 0 Å². The molecule has 0 saturated heterocycles. The molecule has 2 nitrogen and oxygen atoms in total. The molecule has 1 amide bonds. The molecule has 0 atom stereocenters. The Hall–Kier alpha value is -1.46. The highest BCUT2D eigenvalue weighted by Gasteiger charge is 2.04. The van der Waals surface area contributed by atoms with Crippen LogP contribution in [-0.4, -0.2) is 24.0 Å². The van der Waals surface area contributed by atoms with Crippen molar-refractivity contribution in [3.05, 3.63) is 65.5 Å². The van der Waals surface area contributed by atoms with E-state index in [1.165, 1.54) is 28.3 Å². The van der Waals surface area contributed by atoms with Crippen molar-refractivity contribution in [1.82, 2.24) is 5.32 Å². The first kappa shape index (κ1) is 17.9. The van der Waals surface area contributed by atoms with Gasteiger partial charge in [0.2, 0.25) is 5.91 Å². The minimum absolute atomic E-state index is 0.00385. The van der Waals surface area contributed by atoms with Crippen molar-refractivity contribution in [2.24, 2.45) is 0 Å². The lowest BCUT2D eigenvalue weighted by atomic mass is 10.2. The molecular formula is C18H20FNOS2. The second-order valence-electron chi connectivity index (χ2n) is 5.10. The molecule has 0 radical (unpaired) electrons. The molecule has 5 heteroatoms. The Balaban J connectivity index is 1.58. The molecule has 0 saturated carbocycles. The number of hydrogen-bond donors (Lipinski definition) is 1. The molecular weight excluding hydrogens is 329 g/mol. The zero-order chi connectivity index (χ0) is 16.5. The molecule has 0 heterocycles. The van der Waals surface area contributed by atoms with Crippen LogP contribution in [0.1, 0.15) is 11.1 Å². The Morgan fingerprint density at radius 1 is 1.13 bits per heavy atom. The summed E-state index contributed by atoms with van der Waals surface area (Å²) in [7, 11) is 0. The van der Waals surface area contributed by atoms with Gasteiger partial charge in [-0.1, -0.05) is 35.9 Å². The second kappa shape index (κ2) is 9.63. The van der Waals surface area contributed by atoms with E-state index in [-0.39, 0.29) is 11.7 Å². The zero-order valence-electron chi connectivity index (χ0n) is 13.0. The van der Waals surface area contributed by atoms with Crippen molar-refractivity contribution in [1.29, 1.82) is 0 Å². The molecule has 0 aromatic heterocycles. The summed E-state index contributed by atoms with van der Waals surface area (Å²) < 4.78 is 13.4. The molecule has 0 aliphatic carbocycles. The number of carbonyl (C=O) groups excluding carboxylic acids is 1. The minimum Gasteiger partial charge on any atom is -0.355 e. The van der Waals surface area contributed by atoms with Crippen molar-refractivity contribution < 1.29 is 9.18 Å². The van der Waals surface area contributed by atoms with Crippen molar-refractivity contribution in [2.45, 2.75) is 17.6 Å². The second-order valence-corrected chi connectivity index (χ2v) is 7.25. The summed E-state index contributed by atoms with van der Waals surface area (Å²) >= 11 is 3.15. The third kappa shape index (κ3) is 6.67. The van der Waals surface area contributed by atoms with Gasteiger partial charge in [0.25, 0.3) is 0 Å². The first-order valence-electron chi connectivity index (χ1n) is 7.42. The highest BCUT2D eigenvalue weighted by Crippen LogP contribution is 2.17. The molecule has 2 aromatic rings. The van der Waals surface area contributed by atoms with E-state index in [1.807, 2.05) is 0 Å². The Labute approximate surface area is 145 Å². The first-order chi connectivity index (χ1) is 11.1. The van der Waals surface area contributed by atoms with E-state index in [4.69, 9.17) is 0 Å². The van der Waals surface area contributed by atoms with Crippen LogP contribution in [-0.2, 0) is 10.5 Å². The minimum atomic E-state index is -0.213. The number of amides is 1. The summed E-state index contributed by atoms with van der Waals surface area (Å²) in [5, 5.41) is 2.89. The topological polar surface area (TPSA) is 29.1 Å². The van der Waals surface area contributed by atoms with Crippen molar-refractivity contribution in [3.8, 4) is 0 Å². The first-order valence-corrected chi connectivity index (χ1v) is 9.56. The number of nitrogens with one attached hydrogen (secondary N) is 1. The number of carbonyl (C=O) groups is 1. The number of thioether (sulfide) groups is 2. The predicted molar refractivity (Wildman–Crippen MR) is 97.5 cm³/mol. The Bertz CT molecular complexity index is 631. The highest BCUT2D eigenvalue weighted by molar-refractivity contribution is 7.99. The molecule has 2 aromatic carbocycles. The zero-order valence-corrected chi connectivity index (χ0v) is 14.7. The SMILES string of the molecule is Cc1ccc(SCCNC(=O)CSCc2ccccc2F)cc1.